The van der Waals surface area contributed by atoms with Gasteiger partial charge < -0.3 is 20.7 Å². The molecule has 0 aromatic carbocycles. The van der Waals surface area contributed by atoms with Crippen molar-refractivity contribution in [3.63, 3.8) is 0 Å². The molecule has 0 radical (unpaired) electrons. The van der Waals surface area contributed by atoms with Crippen LogP contribution in [0.25, 0.3) is 5.57 Å². The Morgan fingerprint density at radius 1 is 1.27 bits per heavy atom. The number of alkyl halides is 5. The SMILES string of the molecule is CN=C(C)/C(=C(\N)C(=O)N1CC(F)(F)O[C@@H](C)[C@H]1CNc1ccc(C(F)(F)F)cn1)c1ccc(F)cn1.[HH]. The first-order chi connectivity index (χ1) is 17.2. The summed E-state index contributed by atoms with van der Waals surface area (Å²) in [6, 6.07) is 3.23. The molecule has 8 nitrogen and oxygen atoms in total. The molecule has 0 saturated carbocycles. The van der Waals surface area contributed by atoms with Gasteiger partial charge in [0.05, 0.1) is 29.6 Å². The Kier molecular flexibility index (Phi) is 8.10. The highest BCUT2D eigenvalue weighted by atomic mass is 19.4. The van der Waals surface area contributed by atoms with Gasteiger partial charge in [-0.1, -0.05) is 0 Å². The molecular formula is C23H26F6N6O2. The third kappa shape index (κ3) is 6.56. The molecule has 2 aromatic heterocycles. The van der Waals surface area contributed by atoms with Crippen molar-refractivity contribution in [2.24, 2.45) is 10.7 Å². The summed E-state index contributed by atoms with van der Waals surface area (Å²) in [5, 5.41) is 2.74. The first kappa shape index (κ1) is 27.9. The van der Waals surface area contributed by atoms with Crippen molar-refractivity contribution in [2.75, 3.05) is 25.5 Å². The van der Waals surface area contributed by atoms with Crippen LogP contribution in [0.5, 0.6) is 0 Å². The van der Waals surface area contributed by atoms with E-state index in [-0.39, 0.29) is 30.8 Å². The first-order valence-corrected chi connectivity index (χ1v) is 10.9. The van der Waals surface area contributed by atoms with Crippen molar-refractivity contribution in [3.8, 4) is 0 Å². The minimum absolute atomic E-state index is 0. The highest BCUT2D eigenvalue weighted by Gasteiger charge is 2.47. The Bertz CT molecular complexity index is 1190. The Morgan fingerprint density at radius 2 is 1.97 bits per heavy atom. The van der Waals surface area contributed by atoms with Gasteiger partial charge in [-0.25, -0.2) is 9.37 Å². The molecule has 1 saturated heterocycles. The van der Waals surface area contributed by atoms with Gasteiger partial charge in [0.25, 0.3) is 5.91 Å². The fourth-order valence-corrected chi connectivity index (χ4v) is 3.75. The van der Waals surface area contributed by atoms with E-state index in [1.54, 1.807) is 0 Å². The molecule has 0 spiro atoms. The number of aromatic nitrogens is 2. The Morgan fingerprint density at radius 3 is 2.51 bits per heavy atom. The highest BCUT2D eigenvalue weighted by Crippen LogP contribution is 2.31. The second-order valence-electron chi connectivity index (χ2n) is 8.23. The summed E-state index contributed by atoms with van der Waals surface area (Å²) in [6.07, 6.45) is -7.94. The number of carbonyl (C=O) groups is 1. The van der Waals surface area contributed by atoms with Gasteiger partial charge in [0, 0.05) is 32.5 Å². The number of ether oxygens (including phenoxy) is 1. The molecule has 3 heterocycles. The molecular weight excluding hydrogens is 506 g/mol. The molecule has 0 aliphatic carbocycles. The van der Waals surface area contributed by atoms with Crippen LogP contribution in [0.1, 0.15) is 26.5 Å². The maximum absolute atomic E-state index is 14.3. The van der Waals surface area contributed by atoms with Gasteiger partial charge in [-0.15, -0.1) is 0 Å². The lowest BCUT2D eigenvalue weighted by atomic mass is 10.0. The summed E-state index contributed by atoms with van der Waals surface area (Å²) in [6.45, 7) is 1.50. The average molecular weight is 532 g/mol. The molecule has 0 unspecified atom stereocenters. The van der Waals surface area contributed by atoms with E-state index in [0.29, 0.717) is 6.20 Å². The Balaban J connectivity index is 0.00000507. The van der Waals surface area contributed by atoms with Crippen LogP contribution in [-0.4, -0.2) is 64.9 Å². The van der Waals surface area contributed by atoms with Gasteiger partial charge in [0.2, 0.25) is 0 Å². The average Bonchev–Trinajstić information content (AvgIpc) is 2.83. The predicted molar refractivity (Wildman–Crippen MR) is 125 cm³/mol. The number of halogens is 6. The zero-order valence-electron chi connectivity index (χ0n) is 20.0. The molecule has 202 valence electrons. The summed E-state index contributed by atoms with van der Waals surface area (Å²) in [7, 11) is 1.42. The van der Waals surface area contributed by atoms with Crippen LogP contribution < -0.4 is 11.1 Å². The lowest BCUT2D eigenvalue weighted by Gasteiger charge is -2.43. The molecule has 0 bridgehead atoms. The summed E-state index contributed by atoms with van der Waals surface area (Å²) in [5.74, 6) is -1.59. The van der Waals surface area contributed by atoms with Gasteiger partial charge in [-0.3, -0.25) is 14.8 Å². The van der Waals surface area contributed by atoms with Crippen molar-refractivity contribution in [1.82, 2.24) is 14.9 Å². The van der Waals surface area contributed by atoms with Crippen LogP contribution in [0, 0.1) is 5.82 Å². The number of morpholine rings is 1. The quantitative estimate of drug-likeness (QED) is 0.332. The number of nitrogens with one attached hydrogen (secondary N) is 1. The molecule has 1 amide bonds. The zero-order chi connectivity index (χ0) is 27.5. The molecule has 2 atom stereocenters. The number of carbonyl (C=O) groups excluding carboxylic acids is 1. The molecule has 1 fully saturated rings. The van der Waals surface area contributed by atoms with E-state index in [1.807, 2.05) is 0 Å². The van der Waals surface area contributed by atoms with Crippen LogP contribution in [0.3, 0.4) is 0 Å². The van der Waals surface area contributed by atoms with Crippen LogP contribution in [0.2, 0.25) is 0 Å². The number of nitrogens with two attached hydrogens (primary N) is 1. The number of hydrogen-bond donors (Lipinski definition) is 2. The maximum Gasteiger partial charge on any atom is 0.417 e. The van der Waals surface area contributed by atoms with Crippen molar-refractivity contribution < 1.29 is 37.3 Å². The number of amides is 1. The number of aliphatic imine (C=N–C) groups is 1. The van der Waals surface area contributed by atoms with Gasteiger partial charge in [-0.05, 0) is 38.1 Å². The third-order valence-electron chi connectivity index (χ3n) is 5.68. The van der Waals surface area contributed by atoms with Gasteiger partial charge >= 0.3 is 12.3 Å². The summed E-state index contributed by atoms with van der Waals surface area (Å²) in [5.41, 5.74) is 5.12. The summed E-state index contributed by atoms with van der Waals surface area (Å²) in [4.78, 5) is 25.9. The predicted octanol–water partition coefficient (Wildman–Crippen LogP) is 3.96. The minimum atomic E-state index is -4.58. The molecule has 1 aliphatic rings. The third-order valence-corrected chi connectivity index (χ3v) is 5.68. The number of allylic oxidation sites excluding steroid dienone is 1. The van der Waals surface area contributed by atoms with Crippen molar-refractivity contribution in [2.45, 2.75) is 38.3 Å². The molecule has 3 N–H and O–H groups in total. The van der Waals surface area contributed by atoms with E-state index in [0.717, 1.165) is 29.3 Å². The maximum atomic E-state index is 14.3. The van der Waals surface area contributed by atoms with E-state index in [9.17, 15) is 31.1 Å². The lowest BCUT2D eigenvalue weighted by molar-refractivity contribution is -0.300. The monoisotopic (exact) mass is 532 g/mol. The lowest BCUT2D eigenvalue weighted by Crippen LogP contribution is -2.61. The molecule has 37 heavy (non-hydrogen) atoms. The first-order valence-electron chi connectivity index (χ1n) is 10.9. The fraction of sp³-hybridized carbons (Fsp3) is 0.391. The number of hydrogen-bond acceptors (Lipinski definition) is 7. The van der Waals surface area contributed by atoms with Crippen LogP contribution >= 0.6 is 0 Å². The minimum Gasteiger partial charge on any atom is -0.394 e. The van der Waals surface area contributed by atoms with E-state index < -0.39 is 54.0 Å². The smallest absolute Gasteiger partial charge is 0.394 e. The number of pyridine rings is 2. The molecule has 2 aromatic rings. The normalized spacial score (nSPS) is 20.9. The number of rotatable bonds is 6. The molecule has 1 aliphatic heterocycles. The van der Waals surface area contributed by atoms with E-state index in [4.69, 9.17) is 10.5 Å². The highest BCUT2D eigenvalue weighted by molar-refractivity contribution is 6.27. The fourth-order valence-electron chi connectivity index (χ4n) is 3.75. The van der Waals surface area contributed by atoms with E-state index >= 15 is 0 Å². The van der Waals surface area contributed by atoms with Crippen LogP contribution in [-0.2, 0) is 15.7 Å². The number of nitrogens with zero attached hydrogens (tertiary/aromatic N) is 4. The van der Waals surface area contributed by atoms with Crippen molar-refractivity contribution >= 4 is 23.0 Å². The number of anilines is 1. The Hall–Kier alpha value is -3.68. The van der Waals surface area contributed by atoms with E-state index in [1.165, 1.54) is 27.0 Å². The van der Waals surface area contributed by atoms with Crippen molar-refractivity contribution in [1.29, 1.82) is 0 Å². The molecule has 14 heteroatoms. The molecule has 3 rings (SSSR count). The zero-order valence-corrected chi connectivity index (χ0v) is 20.0. The van der Waals surface area contributed by atoms with Gasteiger partial charge in [-0.2, -0.15) is 22.0 Å². The van der Waals surface area contributed by atoms with Crippen molar-refractivity contribution in [3.05, 3.63) is 59.4 Å². The van der Waals surface area contributed by atoms with Crippen LogP contribution in [0.4, 0.5) is 32.2 Å². The summed E-state index contributed by atoms with van der Waals surface area (Å²) >= 11 is 0. The van der Waals surface area contributed by atoms with Crippen LogP contribution in [0.15, 0.2) is 47.3 Å². The second-order valence-corrected chi connectivity index (χ2v) is 8.23. The second kappa shape index (κ2) is 10.7. The Labute approximate surface area is 209 Å². The standard InChI is InChI=1S/C23H24F6N6O2.H2/c1-12(31-3)19(16-6-5-15(24)9-32-16)20(30)21(36)35-11-22(25,26)37-13(2)17(35)10-34-18-7-4-14(8-33-18)23(27,28)29;/h4-9,13,17H,10-11,30H2,1-3H3,(H,33,34);1H/b20-19+,31-12?;/t13-,17+;/m0./s1. The van der Waals surface area contributed by atoms with Gasteiger partial charge in [0.1, 0.15) is 23.9 Å². The van der Waals surface area contributed by atoms with E-state index in [2.05, 4.69) is 20.3 Å². The topological polar surface area (TPSA) is 106 Å². The largest absolute Gasteiger partial charge is 0.417 e. The van der Waals surface area contributed by atoms with Gasteiger partial charge in [0.15, 0.2) is 0 Å². The summed E-state index contributed by atoms with van der Waals surface area (Å²) < 4.78 is 85.2.